The molecule has 10 heteroatoms. The van der Waals surface area contributed by atoms with Gasteiger partial charge in [0.05, 0.1) is 24.3 Å². The van der Waals surface area contributed by atoms with Gasteiger partial charge in [-0.1, -0.05) is 31.7 Å². The Kier molecular flexibility index (Phi) is 13.0. The van der Waals surface area contributed by atoms with Crippen molar-refractivity contribution >= 4 is 23.6 Å². The maximum Gasteiger partial charge on any atom is 0.245 e. The minimum absolute atomic E-state index is 0. The van der Waals surface area contributed by atoms with Crippen LogP contribution in [0.3, 0.4) is 0 Å². The van der Waals surface area contributed by atoms with Crippen molar-refractivity contribution in [3.63, 3.8) is 0 Å². The lowest BCUT2D eigenvalue weighted by atomic mass is 10.1. The summed E-state index contributed by atoms with van der Waals surface area (Å²) in [5, 5.41) is 19.4. The van der Waals surface area contributed by atoms with Crippen LogP contribution in [-0.4, -0.2) is 116 Å². The molecule has 0 bridgehead atoms. The highest BCUT2D eigenvalue weighted by Gasteiger charge is 2.42. The largest absolute Gasteiger partial charge is 0.391 e. The first-order valence-electron chi connectivity index (χ1n) is 14.2. The molecule has 4 rings (SSSR count). The first-order chi connectivity index (χ1) is 19.2. The van der Waals surface area contributed by atoms with Gasteiger partial charge < -0.3 is 29.8 Å². The fraction of sp³-hybridized carbons (Fsp3) is 0.613. The Morgan fingerprint density at radius 1 is 0.659 bits per heavy atom. The van der Waals surface area contributed by atoms with Crippen LogP contribution in [0.25, 0.3) is 0 Å². The summed E-state index contributed by atoms with van der Waals surface area (Å²) in [6.07, 6.45) is 10.2. The van der Waals surface area contributed by atoms with Gasteiger partial charge in [-0.2, -0.15) is 0 Å². The van der Waals surface area contributed by atoms with E-state index in [2.05, 4.69) is 26.3 Å². The van der Waals surface area contributed by atoms with E-state index in [-0.39, 0.29) is 56.0 Å². The Morgan fingerprint density at radius 2 is 1.02 bits per heavy atom. The summed E-state index contributed by atoms with van der Waals surface area (Å²) in [5.41, 5.74) is 0. The molecule has 4 fully saturated rings. The molecule has 0 saturated carbocycles. The molecular weight excluding hydrogens is 524 g/mol. The van der Waals surface area contributed by atoms with Crippen molar-refractivity contribution in [1.29, 1.82) is 0 Å². The minimum atomic E-state index is -0.499. The molecule has 0 unspecified atom stereocenters. The Hall–Kier alpha value is -3.24. The summed E-state index contributed by atoms with van der Waals surface area (Å²) in [4.78, 5) is 55.9. The van der Waals surface area contributed by atoms with E-state index < -0.39 is 24.3 Å². The Morgan fingerprint density at radius 3 is 1.34 bits per heavy atom. The molecule has 0 radical (unpaired) electrons. The van der Waals surface area contributed by atoms with Crippen molar-refractivity contribution in [2.24, 2.45) is 0 Å². The molecule has 0 aliphatic carbocycles. The van der Waals surface area contributed by atoms with Crippen LogP contribution >= 0.6 is 0 Å². The van der Waals surface area contributed by atoms with Gasteiger partial charge in [0.25, 0.3) is 0 Å². The molecular formula is C31H48N4O6. The number of amides is 4. The van der Waals surface area contributed by atoms with Crippen molar-refractivity contribution in [2.45, 2.75) is 95.2 Å². The summed E-state index contributed by atoms with van der Waals surface area (Å²) >= 11 is 0. The summed E-state index contributed by atoms with van der Waals surface area (Å²) < 4.78 is 0. The highest BCUT2D eigenvalue weighted by Crippen LogP contribution is 2.27. The molecule has 228 valence electrons. The lowest BCUT2D eigenvalue weighted by molar-refractivity contribution is -0.143. The number of hydrogen-bond acceptors (Lipinski definition) is 6. The third kappa shape index (κ3) is 7.95. The number of aliphatic hydroxyl groups excluding tert-OH is 2. The van der Waals surface area contributed by atoms with E-state index in [1.807, 2.05) is 0 Å². The fourth-order valence-corrected chi connectivity index (χ4v) is 6.15. The molecule has 41 heavy (non-hydrogen) atoms. The second-order valence-corrected chi connectivity index (χ2v) is 10.8. The number of rotatable bonds is 8. The van der Waals surface area contributed by atoms with E-state index in [0.29, 0.717) is 51.9 Å². The number of likely N-dealkylation sites (tertiary alicyclic amines) is 4. The average Bonchev–Trinajstić information content (AvgIpc) is 3.74. The highest BCUT2D eigenvalue weighted by atomic mass is 16.3. The summed E-state index contributed by atoms with van der Waals surface area (Å²) in [5.74, 6) is -0.237. The molecule has 4 amide bonds. The Bertz CT molecular complexity index is 921. The van der Waals surface area contributed by atoms with Crippen LogP contribution in [0, 0.1) is 0 Å². The van der Waals surface area contributed by atoms with E-state index in [4.69, 9.17) is 0 Å². The molecule has 0 spiro atoms. The zero-order valence-corrected chi connectivity index (χ0v) is 23.4. The number of carbonyl (C=O) groups excluding carboxylic acids is 4. The van der Waals surface area contributed by atoms with Crippen molar-refractivity contribution in [3.05, 3.63) is 50.6 Å². The van der Waals surface area contributed by atoms with Crippen molar-refractivity contribution in [2.75, 3.05) is 26.2 Å². The zero-order chi connectivity index (χ0) is 29.4. The average molecular weight is 573 g/mol. The molecule has 4 saturated heterocycles. The quantitative estimate of drug-likeness (QED) is 0.430. The first kappa shape index (κ1) is 34.0. The number of aliphatic hydroxyl groups is 2. The predicted octanol–water partition coefficient (Wildman–Crippen LogP) is 2.04. The van der Waals surface area contributed by atoms with Crippen LogP contribution in [0.1, 0.15) is 58.8 Å². The lowest BCUT2D eigenvalue weighted by Gasteiger charge is -2.30. The van der Waals surface area contributed by atoms with Crippen molar-refractivity contribution < 1.29 is 29.4 Å². The van der Waals surface area contributed by atoms with Gasteiger partial charge in [0, 0.05) is 39.0 Å². The monoisotopic (exact) mass is 572 g/mol. The molecule has 6 atom stereocenters. The SMILES string of the molecule is C.C=CCC(=O)N1CCC[C@H]1C(=O)N1C[C@H](O)C[C@H]1C=C.C=CCC(=O)N1CCC[C@H]1C(=O)N1C[C@H](O)C[C@H]1C=C. The standard InChI is InChI=1S/2C15H22N2O3.CH4/c2*1-3-6-14(19)16-8-5-7-13(16)15(20)17-10-12(18)9-11(17)4-2;/h2*3-4,11-13,18H,1-2,5-10H2;1H4/t2*11-,12-,13+;/m11./s1. The molecule has 2 N–H and O–H groups in total. The molecule has 10 nitrogen and oxygen atoms in total. The third-order valence-corrected chi connectivity index (χ3v) is 8.11. The molecule has 0 aromatic rings. The summed E-state index contributed by atoms with van der Waals surface area (Å²) in [6.45, 7) is 16.5. The van der Waals surface area contributed by atoms with Gasteiger partial charge in [0.1, 0.15) is 12.1 Å². The van der Waals surface area contributed by atoms with E-state index in [1.54, 1.807) is 43.9 Å². The van der Waals surface area contributed by atoms with Gasteiger partial charge in [-0.05, 0) is 38.5 Å². The van der Waals surface area contributed by atoms with Crippen molar-refractivity contribution in [3.8, 4) is 0 Å². The third-order valence-electron chi connectivity index (χ3n) is 8.11. The smallest absolute Gasteiger partial charge is 0.245 e. The van der Waals surface area contributed by atoms with E-state index >= 15 is 0 Å². The highest BCUT2D eigenvalue weighted by molar-refractivity contribution is 5.90. The number of hydrogen-bond donors (Lipinski definition) is 2. The van der Waals surface area contributed by atoms with Crippen LogP contribution in [0.5, 0.6) is 0 Å². The summed E-state index contributed by atoms with van der Waals surface area (Å²) in [6, 6.07) is -1.05. The second-order valence-electron chi connectivity index (χ2n) is 10.8. The topological polar surface area (TPSA) is 122 Å². The number of nitrogens with zero attached hydrogens (tertiary/aromatic N) is 4. The van der Waals surface area contributed by atoms with Gasteiger partial charge in [-0.15, -0.1) is 26.3 Å². The first-order valence-corrected chi connectivity index (χ1v) is 14.2. The number of β-amino-alcohol motifs (C(OH)–C–C–N with tert-alkyl or cyclic N) is 2. The maximum absolute atomic E-state index is 12.6. The lowest BCUT2D eigenvalue weighted by Crippen LogP contribution is -2.49. The molecule has 0 aromatic heterocycles. The molecule has 4 aliphatic heterocycles. The van der Waals surface area contributed by atoms with Crippen molar-refractivity contribution in [1.82, 2.24) is 19.6 Å². The Labute approximate surface area is 244 Å². The van der Waals surface area contributed by atoms with Crippen LogP contribution < -0.4 is 0 Å². The van der Waals surface area contributed by atoms with Gasteiger partial charge in [-0.25, -0.2) is 0 Å². The maximum atomic E-state index is 12.6. The summed E-state index contributed by atoms with van der Waals surface area (Å²) in [7, 11) is 0. The minimum Gasteiger partial charge on any atom is -0.391 e. The second kappa shape index (κ2) is 15.7. The number of carbonyl (C=O) groups is 4. The fourth-order valence-electron chi connectivity index (χ4n) is 6.15. The predicted molar refractivity (Wildman–Crippen MR) is 158 cm³/mol. The molecule has 0 aromatic carbocycles. The van der Waals surface area contributed by atoms with E-state index in [1.165, 1.54) is 0 Å². The normalized spacial score (nSPS) is 28.8. The van der Waals surface area contributed by atoms with Gasteiger partial charge in [0.15, 0.2) is 0 Å². The van der Waals surface area contributed by atoms with E-state index in [9.17, 15) is 29.4 Å². The van der Waals surface area contributed by atoms with Gasteiger partial charge in [-0.3, -0.25) is 19.2 Å². The van der Waals surface area contributed by atoms with Gasteiger partial charge >= 0.3 is 0 Å². The Balaban J connectivity index is 0.000000280. The van der Waals surface area contributed by atoms with Crippen LogP contribution in [0.15, 0.2) is 50.6 Å². The molecule has 4 heterocycles. The molecule has 4 aliphatic rings. The van der Waals surface area contributed by atoms with Gasteiger partial charge in [0.2, 0.25) is 23.6 Å². The van der Waals surface area contributed by atoms with E-state index in [0.717, 1.165) is 12.8 Å². The van der Waals surface area contributed by atoms with Crippen LogP contribution in [0.4, 0.5) is 0 Å². The van der Waals surface area contributed by atoms with Crippen LogP contribution in [0.2, 0.25) is 0 Å². The van der Waals surface area contributed by atoms with Crippen LogP contribution in [-0.2, 0) is 19.2 Å². The zero-order valence-electron chi connectivity index (χ0n) is 23.4.